The van der Waals surface area contributed by atoms with Gasteiger partial charge in [-0.2, -0.15) is 13.2 Å². The molecule has 176 valence electrons. The number of Topliss-reactive ketones (excluding diaryl/α,β-unsaturated/α-hetero) is 1. The minimum atomic E-state index is -4.64. The monoisotopic (exact) mass is 489 g/mol. The molecule has 2 aromatic rings. The molecule has 0 fully saturated rings. The predicted molar refractivity (Wildman–Crippen MR) is 106 cm³/mol. The van der Waals surface area contributed by atoms with E-state index in [1.807, 2.05) is 0 Å². The van der Waals surface area contributed by atoms with Crippen LogP contribution in [0.1, 0.15) is 29.8 Å². The second-order valence-electron chi connectivity index (χ2n) is 6.33. The van der Waals surface area contributed by atoms with Crippen molar-refractivity contribution in [1.82, 2.24) is 0 Å². The van der Waals surface area contributed by atoms with Gasteiger partial charge in [0.2, 0.25) is 0 Å². The van der Waals surface area contributed by atoms with Gasteiger partial charge in [-0.25, -0.2) is 9.59 Å². The fourth-order valence-corrected chi connectivity index (χ4v) is 2.69. The second kappa shape index (κ2) is 10.3. The number of nitrogens with zero attached hydrogens (tertiary/aromatic N) is 1. The molecule has 0 aromatic heterocycles. The molecule has 0 amide bonds. The van der Waals surface area contributed by atoms with Crippen molar-refractivity contribution in [3.05, 3.63) is 62.7 Å². The molecule has 2 rings (SSSR count). The zero-order chi connectivity index (χ0) is 24.9. The predicted octanol–water partition coefficient (Wildman–Crippen LogP) is 4.74. The van der Waals surface area contributed by atoms with Gasteiger partial charge in [-0.1, -0.05) is 11.6 Å². The molecule has 0 radical (unpaired) electrons. The third kappa shape index (κ3) is 6.42. The summed E-state index contributed by atoms with van der Waals surface area (Å²) in [6.45, 7) is 2.29. The van der Waals surface area contributed by atoms with Crippen molar-refractivity contribution < 1.29 is 46.7 Å². The number of nitro benzene ring substituents is 1. The molecule has 9 nitrogen and oxygen atoms in total. The Labute approximate surface area is 189 Å². The lowest BCUT2D eigenvalue weighted by Gasteiger charge is -2.14. The molecular weight excluding hydrogens is 475 g/mol. The molecule has 0 aliphatic heterocycles. The molecule has 1 atom stereocenters. The maximum Gasteiger partial charge on any atom is 0.416 e. The van der Waals surface area contributed by atoms with Gasteiger partial charge in [-0.05, 0) is 38.1 Å². The van der Waals surface area contributed by atoms with E-state index >= 15 is 0 Å². The Morgan fingerprint density at radius 1 is 1.15 bits per heavy atom. The number of rotatable bonds is 8. The molecular formula is C20H15ClF3NO8. The summed E-state index contributed by atoms with van der Waals surface area (Å²) in [7, 11) is 0. The van der Waals surface area contributed by atoms with Crippen molar-refractivity contribution in [1.29, 1.82) is 0 Å². The number of benzene rings is 2. The van der Waals surface area contributed by atoms with Gasteiger partial charge in [0.05, 0.1) is 22.1 Å². The first-order valence-corrected chi connectivity index (χ1v) is 9.44. The van der Waals surface area contributed by atoms with Gasteiger partial charge in [0.1, 0.15) is 17.1 Å². The Morgan fingerprint density at radius 2 is 1.82 bits per heavy atom. The smallest absolute Gasteiger partial charge is 0.416 e. The Balaban J connectivity index is 2.38. The minimum absolute atomic E-state index is 0.114. The largest absolute Gasteiger partial charge is 0.463 e. The van der Waals surface area contributed by atoms with Gasteiger partial charge in [-0.3, -0.25) is 14.9 Å². The summed E-state index contributed by atoms with van der Waals surface area (Å²) in [5.41, 5.74) is -2.45. The van der Waals surface area contributed by atoms with E-state index in [0.29, 0.717) is 12.1 Å². The van der Waals surface area contributed by atoms with Crippen molar-refractivity contribution in [3.8, 4) is 11.5 Å². The molecule has 13 heteroatoms. The molecule has 0 bridgehead atoms. The highest BCUT2D eigenvalue weighted by Gasteiger charge is 2.33. The highest BCUT2D eigenvalue weighted by molar-refractivity contribution is 6.32. The zero-order valence-corrected chi connectivity index (χ0v) is 17.7. The first kappa shape index (κ1) is 25.6. The molecule has 33 heavy (non-hydrogen) atoms. The Kier molecular flexibility index (Phi) is 7.99. The fraction of sp³-hybridized carbons (Fsp3) is 0.250. The summed E-state index contributed by atoms with van der Waals surface area (Å²) in [4.78, 5) is 46.4. The van der Waals surface area contributed by atoms with Crippen LogP contribution in [0.5, 0.6) is 11.5 Å². The summed E-state index contributed by atoms with van der Waals surface area (Å²) in [5.74, 6) is -3.90. The topological polar surface area (TPSA) is 122 Å². The van der Waals surface area contributed by atoms with Gasteiger partial charge in [0.25, 0.3) is 11.8 Å². The van der Waals surface area contributed by atoms with Gasteiger partial charge >= 0.3 is 18.1 Å². The molecule has 0 aliphatic carbocycles. The van der Waals surface area contributed by atoms with E-state index in [0.717, 1.165) is 31.2 Å². The van der Waals surface area contributed by atoms with E-state index in [1.165, 1.54) is 6.92 Å². The molecule has 1 unspecified atom stereocenters. The summed E-state index contributed by atoms with van der Waals surface area (Å²) in [6, 6.07) is 5.05. The van der Waals surface area contributed by atoms with Gasteiger partial charge in [0, 0.05) is 12.1 Å². The summed E-state index contributed by atoms with van der Waals surface area (Å²) in [5, 5.41) is 10.9. The number of hydrogen-bond donors (Lipinski definition) is 0. The maximum atomic E-state index is 12.8. The van der Waals surface area contributed by atoms with E-state index in [1.54, 1.807) is 0 Å². The number of ketones is 1. The lowest BCUT2D eigenvalue weighted by Crippen LogP contribution is -2.35. The zero-order valence-electron chi connectivity index (χ0n) is 17.0. The van der Waals surface area contributed by atoms with E-state index < -0.39 is 56.8 Å². The second-order valence-corrected chi connectivity index (χ2v) is 6.74. The van der Waals surface area contributed by atoms with Crippen LogP contribution in [0.25, 0.3) is 0 Å². The van der Waals surface area contributed by atoms with Crippen LogP contribution in [0.3, 0.4) is 0 Å². The SMILES string of the molecule is CCOC(=O)C(OC(=O)c1cc(Oc2ccc(C(F)(F)F)cc2Cl)ccc1[N+](=O)[O-])C(C)=O. The number of halogens is 4. The number of nitro groups is 1. The molecule has 2 aromatic carbocycles. The van der Waals surface area contributed by atoms with Crippen LogP contribution >= 0.6 is 11.6 Å². The lowest BCUT2D eigenvalue weighted by atomic mass is 10.1. The van der Waals surface area contributed by atoms with Crippen molar-refractivity contribution in [2.24, 2.45) is 0 Å². The Bertz CT molecular complexity index is 1100. The first-order chi connectivity index (χ1) is 15.3. The number of ether oxygens (including phenoxy) is 3. The highest BCUT2D eigenvalue weighted by Crippen LogP contribution is 2.37. The Hall–Kier alpha value is -3.67. The number of hydrogen-bond acceptors (Lipinski definition) is 8. The standard InChI is InChI=1S/C20H15ClF3NO8/c1-3-31-19(28)17(10(2)26)33-18(27)13-9-12(5-6-15(13)25(29)30)32-16-7-4-11(8-14(16)21)20(22,23)24/h4-9,17H,3H2,1-2H3. The van der Waals surface area contributed by atoms with E-state index in [2.05, 4.69) is 4.74 Å². The van der Waals surface area contributed by atoms with E-state index in [9.17, 15) is 37.7 Å². The van der Waals surface area contributed by atoms with Crippen LogP contribution in [-0.4, -0.2) is 35.4 Å². The third-order valence-corrected chi connectivity index (χ3v) is 4.26. The van der Waals surface area contributed by atoms with Crippen LogP contribution in [-0.2, 0) is 25.2 Å². The van der Waals surface area contributed by atoms with Crippen molar-refractivity contribution in [2.75, 3.05) is 6.61 Å². The third-order valence-electron chi connectivity index (χ3n) is 3.97. The average Bonchev–Trinajstić information content (AvgIpc) is 2.72. The summed E-state index contributed by atoms with van der Waals surface area (Å²) in [6.07, 6.45) is -6.59. The molecule has 0 spiro atoms. The Morgan fingerprint density at radius 3 is 2.33 bits per heavy atom. The number of carbonyl (C=O) groups excluding carboxylic acids is 3. The molecule has 0 aliphatic rings. The van der Waals surface area contributed by atoms with E-state index in [4.69, 9.17) is 21.1 Å². The van der Waals surface area contributed by atoms with Crippen LogP contribution in [0, 0.1) is 10.1 Å². The average molecular weight is 490 g/mol. The first-order valence-electron chi connectivity index (χ1n) is 9.06. The van der Waals surface area contributed by atoms with Crippen molar-refractivity contribution in [3.63, 3.8) is 0 Å². The van der Waals surface area contributed by atoms with Gasteiger partial charge in [-0.15, -0.1) is 0 Å². The number of esters is 2. The normalized spacial score (nSPS) is 11.9. The fourth-order valence-electron chi connectivity index (χ4n) is 2.47. The van der Waals surface area contributed by atoms with Crippen molar-refractivity contribution >= 4 is 35.0 Å². The maximum absolute atomic E-state index is 12.8. The van der Waals surface area contributed by atoms with Crippen LogP contribution in [0.2, 0.25) is 5.02 Å². The van der Waals surface area contributed by atoms with Crippen LogP contribution in [0.4, 0.5) is 18.9 Å². The molecule has 0 saturated heterocycles. The number of carbonyl (C=O) groups is 3. The number of alkyl halides is 3. The van der Waals surface area contributed by atoms with Crippen molar-refractivity contribution in [2.45, 2.75) is 26.1 Å². The van der Waals surface area contributed by atoms with Gasteiger partial charge < -0.3 is 14.2 Å². The molecule has 0 N–H and O–H groups in total. The summed E-state index contributed by atoms with van der Waals surface area (Å²) >= 11 is 5.82. The van der Waals surface area contributed by atoms with Gasteiger partial charge in [0.15, 0.2) is 5.78 Å². The van der Waals surface area contributed by atoms with Crippen LogP contribution in [0.15, 0.2) is 36.4 Å². The summed E-state index contributed by atoms with van der Waals surface area (Å²) < 4.78 is 53.2. The lowest BCUT2D eigenvalue weighted by molar-refractivity contribution is -0.385. The minimum Gasteiger partial charge on any atom is -0.463 e. The molecule has 0 heterocycles. The van der Waals surface area contributed by atoms with Crippen LogP contribution < -0.4 is 4.74 Å². The quantitative estimate of drug-likeness (QED) is 0.225. The molecule has 0 saturated carbocycles. The highest BCUT2D eigenvalue weighted by atomic mass is 35.5. The van der Waals surface area contributed by atoms with E-state index in [-0.39, 0.29) is 18.1 Å².